The molecule has 1 aromatic heterocycles. The summed E-state index contributed by atoms with van der Waals surface area (Å²) < 4.78 is 5.35. The molecule has 1 unspecified atom stereocenters. The number of carbonyl (C=O) groups excluding carboxylic acids is 2. The van der Waals surface area contributed by atoms with Crippen LogP contribution in [0.25, 0.3) is 0 Å². The second-order valence-corrected chi connectivity index (χ2v) is 5.31. The van der Waals surface area contributed by atoms with E-state index in [9.17, 15) is 9.59 Å². The van der Waals surface area contributed by atoms with Crippen LogP contribution < -0.4 is 5.32 Å². The van der Waals surface area contributed by atoms with Gasteiger partial charge >= 0.3 is 0 Å². The molecule has 1 atom stereocenters. The number of rotatable bonds is 3. The summed E-state index contributed by atoms with van der Waals surface area (Å²) in [6, 6.07) is 1.90. The average Bonchev–Trinajstić information content (AvgIpc) is 2.85. The van der Waals surface area contributed by atoms with E-state index in [1.807, 2.05) is 12.3 Å². The number of carbonyl (C=O) groups is 2. The van der Waals surface area contributed by atoms with Crippen LogP contribution in [0.5, 0.6) is 0 Å². The lowest BCUT2D eigenvalue weighted by molar-refractivity contribution is -0.132. The number of amides is 2. The molecule has 0 radical (unpaired) electrons. The molecule has 104 valence electrons. The molecule has 0 spiro atoms. The van der Waals surface area contributed by atoms with Gasteiger partial charge in [-0.3, -0.25) is 9.59 Å². The van der Waals surface area contributed by atoms with E-state index in [-0.39, 0.29) is 24.4 Å². The summed E-state index contributed by atoms with van der Waals surface area (Å²) in [5.41, 5.74) is 0.602. The standard InChI is InChI=1S/C13H18N2O3S/c1-10-2-5-18-6-4-15(10)12(16)8-14-13(17)11-3-7-19-9-11/h3,7,9-10H,2,4-6,8H2,1H3,(H,14,17). The molecule has 0 bridgehead atoms. The Labute approximate surface area is 116 Å². The molecule has 1 aromatic rings. The van der Waals surface area contributed by atoms with Crippen LogP contribution in [0.2, 0.25) is 0 Å². The fourth-order valence-corrected chi connectivity index (χ4v) is 2.65. The predicted molar refractivity (Wildman–Crippen MR) is 73.3 cm³/mol. The van der Waals surface area contributed by atoms with Crippen LogP contribution in [0.4, 0.5) is 0 Å². The molecular weight excluding hydrogens is 264 g/mol. The zero-order valence-electron chi connectivity index (χ0n) is 10.9. The molecule has 1 aliphatic heterocycles. The highest BCUT2D eigenvalue weighted by molar-refractivity contribution is 7.08. The third kappa shape index (κ3) is 3.78. The lowest BCUT2D eigenvalue weighted by Crippen LogP contribution is -2.45. The van der Waals surface area contributed by atoms with Gasteiger partial charge in [-0.2, -0.15) is 11.3 Å². The van der Waals surface area contributed by atoms with Gasteiger partial charge in [-0.15, -0.1) is 0 Å². The van der Waals surface area contributed by atoms with Crippen LogP contribution in [-0.2, 0) is 9.53 Å². The molecule has 5 nitrogen and oxygen atoms in total. The van der Waals surface area contributed by atoms with E-state index < -0.39 is 0 Å². The highest BCUT2D eigenvalue weighted by Gasteiger charge is 2.22. The second kappa shape index (κ2) is 6.68. The van der Waals surface area contributed by atoms with Crippen molar-refractivity contribution in [3.63, 3.8) is 0 Å². The van der Waals surface area contributed by atoms with Crippen LogP contribution >= 0.6 is 11.3 Å². The molecule has 19 heavy (non-hydrogen) atoms. The second-order valence-electron chi connectivity index (χ2n) is 4.53. The molecule has 0 aliphatic carbocycles. The number of nitrogens with zero attached hydrogens (tertiary/aromatic N) is 1. The summed E-state index contributed by atoms with van der Waals surface area (Å²) >= 11 is 1.46. The van der Waals surface area contributed by atoms with Crippen molar-refractivity contribution in [3.8, 4) is 0 Å². The monoisotopic (exact) mass is 282 g/mol. The van der Waals surface area contributed by atoms with E-state index in [1.54, 1.807) is 16.3 Å². The van der Waals surface area contributed by atoms with Gasteiger partial charge in [0.25, 0.3) is 5.91 Å². The van der Waals surface area contributed by atoms with Crippen LogP contribution in [-0.4, -0.2) is 49.1 Å². The van der Waals surface area contributed by atoms with E-state index >= 15 is 0 Å². The molecule has 1 aliphatic rings. The minimum Gasteiger partial charge on any atom is -0.380 e. The molecular formula is C13H18N2O3S. The first-order valence-electron chi connectivity index (χ1n) is 6.36. The highest BCUT2D eigenvalue weighted by atomic mass is 32.1. The van der Waals surface area contributed by atoms with Crippen LogP contribution in [0, 0.1) is 0 Å². The first-order valence-corrected chi connectivity index (χ1v) is 7.30. The minimum absolute atomic E-state index is 0.0407. The Morgan fingerprint density at radius 2 is 2.37 bits per heavy atom. The van der Waals surface area contributed by atoms with E-state index in [1.165, 1.54) is 11.3 Å². The van der Waals surface area contributed by atoms with Gasteiger partial charge in [0.05, 0.1) is 13.2 Å². The third-order valence-electron chi connectivity index (χ3n) is 3.19. The Hall–Kier alpha value is -1.40. The van der Waals surface area contributed by atoms with Gasteiger partial charge in [-0.05, 0) is 24.8 Å². The Balaban J connectivity index is 1.85. The van der Waals surface area contributed by atoms with Crippen molar-refractivity contribution in [2.45, 2.75) is 19.4 Å². The van der Waals surface area contributed by atoms with E-state index in [2.05, 4.69) is 5.32 Å². The van der Waals surface area contributed by atoms with Crippen molar-refractivity contribution < 1.29 is 14.3 Å². The van der Waals surface area contributed by atoms with E-state index in [4.69, 9.17) is 4.74 Å². The quantitative estimate of drug-likeness (QED) is 0.903. The molecule has 1 fully saturated rings. The lowest BCUT2D eigenvalue weighted by Gasteiger charge is -2.26. The molecule has 0 aromatic carbocycles. The van der Waals surface area contributed by atoms with Crippen molar-refractivity contribution in [3.05, 3.63) is 22.4 Å². The largest absolute Gasteiger partial charge is 0.380 e. The van der Waals surface area contributed by atoms with Crippen molar-refractivity contribution >= 4 is 23.2 Å². The topological polar surface area (TPSA) is 58.6 Å². The Kier molecular flexibility index (Phi) is 4.93. The van der Waals surface area contributed by atoms with Crippen LogP contribution in [0.15, 0.2) is 16.8 Å². The van der Waals surface area contributed by atoms with Crippen molar-refractivity contribution in [1.29, 1.82) is 0 Å². The third-order valence-corrected chi connectivity index (χ3v) is 3.88. The maximum absolute atomic E-state index is 12.1. The van der Waals surface area contributed by atoms with Gasteiger partial charge in [0, 0.05) is 30.1 Å². The summed E-state index contributed by atoms with van der Waals surface area (Å²) in [5, 5.41) is 6.26. The van der Waals surface area contributed by atoms with Crippen molar-refractivity contribution in [2.75, 3.05) is 26.3 Å². The highest BCUT2D eigenvalue weighted by Crippen LogP contribution is 2.09. The molecule has 6 heteroatoms. The number of thiophene rings is 1. The van der Waals surface area contributed by atoms with E-state index in [0.29, 0.717) is 25.3 Å². The van der Waals surface area contributed by atoms with Gasteiger partial charge in [0.2, 0.25) is 5.91 Å². The SMILES string of the molecule is CC1CCOCCN1C(=O)CNC(=O)c1ccsc1. The zero-order valence-corrected chi connectivity index (χ0v) is 11.7. The van der Waals surface area contributed by atoms with Gasteiger partial charge < -0.3 is 15.0 Å². The van der Waals surface area contributed by atoms with Gasteiger partial charge in [0.15, 0.2) is 0 Å². The summed E-state index contributed by atoms with van der Waals surface area (Å²) in [6.07, 6.45) is 0.838. The lowest BCUT2D eigenvalue weighted by atomic mass is 10.2. The van der Waals surface area contributed by atoms with Crippen LogP contribution in [0.3, 0.4) is 0 Å². The minimum atomic E-state index is -0.201. The van der Waals surface area contributed by atoms with Gasteiger partial charge in [-0.25, -0.2) is 0 Å². The first-order chi connectivity index (χ1) is 9.18. The van der Waals surface area contributed by atoms with Gasteiger partial charge in [0.1, 0.15) is 0 Å². The zero-order chi connectivity index (χ0) is 13.7. The number of hydrogen-bond donors (Lipinski definition) is 1. The summed E-state index contributed by atoms with van der Waals surface area (Å²) in [6.45, 7) is 3.89. The summed E-state index contributed by atoms with van der Waals surface area (Å²) in [4.78, 5) is 25.6. The Morgan fingerprint density at radius 3 is 3.11 bits per heavy atom. The molecule has 2 rings (SSSR count). The number of nitrogens with one attached hydrogen (secondary N) is 1. The molecule has 1 saturated heterocycles. The van der Waals surface area contributed by atoms with Crippen LogP contribution in [0.1, 0.15) is 23.7 Å². The summed E-state index contributed by atoms with van der Waals surface area (Å²) in [7, 11) is 0. The first kappa shape index (κ1) is 14.0. The fraction of sp³-hybridized carbons (Fsp3) is 0.538. The predicted octanol–water partition coefficient (Wildman–Crippen LogP) is 1.12. The smallest absolute Gasteiger partial charge is 0.252 e. The molecule has 1 N–H and O–H groups in total. The fourth-order valence-electron chi connectivity index (χ4n) is 2.02. The Bertz CT molecular complexity index is 433. The maximum Gasteiger partial charge on any atom is 0.252 e. The number of ether oxygens (including phenoxy) is 1. The summed E-state index contributed by atoms with van der Waals surface area (Å²) in [5.74, 6) is -0.255. The van der Waals surface area contributed by atoms with Crippen molar-refractivity contribution in [2.24, 2.45) is 0 Å². The Morgan fingerprint density at radius 1 is 1.53 bits per heavy atom. The number of hydrogen-bond acceptors (Lipinski definition) is 4. The molecule has 2 heterocycles. The molecule has 0 saturated carbocycles. The molecule has 2 amide bonds. The van der Waals surface area contributed by atoms with E-state index in [0.717, 1.165) is 6.42 Å². The normalized spacial score (nSPS) is 19.8. The van der Waals surface area contributed by atoms with Crippen molar-refractivity contribution in [1.82, 2.24) is 10.2 Å². The van der Waals surface area contributed by atoms with Gasteiger partial charge in [-0.1, -0.05) is 0 Å². The maximum atomic E-state index is 12.1. The average molecular weight is 282 g/mol.